The van der Waals surface area contributed by atoms with Crippen molar-refractivity contribution in [1.82, 2.24) is 5.32 Å². The smallest absolute Gasteiger partial charge is 0.320 e. The number of hydrogen-bond acceptors (Lipinski definition) is 3. The number of carboxylic acids is 1. The average Bonchev–Trinajstić information content (AvgIpc) is 1.97. The first-order valence-corrected chi connectivity index (χ1v) is 3.60. The van der Waals surface area contributed by atoms with Crippen LogP contribution in [0, 0.1) is 5.41 Å². The van der Waals surface area contributed by atoms with Gasteiger partial charge >= 0.3 is 5.97 Å². The Morgan fingerprint density at radius 1 is 1.62 bits per heavy atom. The van der Waals surface area contributed by atoms with Gasteiger partial charge in [-0.25, -0.2) is 0 Å². The van der Waals surface area contributed by atoms with Gasteiger partial charge < -0.3 is 21.9 Å². The predicted octanol–water partition coefficient (Wildman–Crippen LogP) is -1.34. The van der Waals surface area contributed by atoms with Crippen molar-refractivity contribution >= 4 is 11.9 Å². The summed E-state index contributed by atoms with van der Waals surface area (Å²) in [5.41, 5.74) is 10.2. The molecule has 0 aromatic rings. The van der Waals surface area contributed by atoms with Crippen LogP contribution in [0.4, 0.5) is 0 Å². The first-order valence-electron chi connectivity index (χ1n) is 3.60. The van der Waals surface area contributed by atoms with Crippen LogP contribution in [0.15, 0.2) is 0 Å². The average molecular weight is 369 g/mol. The van der Waals surface area contributed by atoms with Gasteiger partial charge in [0.1, 0.15) is 6.04 Å². The van der Waals surface area contributed by atoms with Crippen LogP contribution in [0.5, 0.6) is 0 Å². The maximum Gasteiger partial charge on any atom is 0.320 e. The molecule has 0 aromatic heterocycles. The molecule has 0 bridgehead atoms. The van der Waals surface area contributed by atoms with Crippen LogP contribution in [0.25, 0.3) is 0 Å². The molecule has 0 heterocycles. The topological polar surface area (TPSA) is 125 Å². The van der Waals surface area contributed by atoms with Gasteiger partial charge in [-0.1, -0.05) is 0 Å². The molecule has 0 saturated heterocycles. The molecule has 0 saturated carbocycles. The van der Waals surface area contributed by atoms with Crippen molar-refractivity contribution < 1.29 is 31.0 Å². The summed E-state index contributed by atoms with van der Waals surface area (Å²) in [6.07, 6.45) is 0.975. The van der Waals surface area contributed by atoms with Gasteiger partial charge in [0.25, 0.3) is 0 Å². The number of rotatable bonds is 5. The summed E-state index contributed by atoms with van der Waals surface area (Å²) in [6.45, 7) is 0.482. The van der Waals surface area contributed by atoms with Crippen molar-refractivity contribution in [3.05, 3.63) is 0 Å². The summed E-state index contributed by atoms with van der Waals surface area (Å²) in [5, 5.41) is 17.7. The number of nitrogens with two attached hydrogens (primary N) is 2. The molecule has 0 aliphatic rings. The number of carbonyl (C=O) groups is 1. The van der Waals surface area contributed by atoms with Crippen molar-refractivity contribution in [1.29, 1.82) is 5.41 Å². The van der Waals surface area contributed by atoms with Crippen LogP contribution < -0.4 is 16.8 Å². The SMILES string of the molecule is N=C(N)NCCCC(N)C(=O)O.[Pt]. The predicted molar refractivity (Wildman–Crippen MR) is 44.8 cm³/mol. The molecule has 0 fully saturated rings. The Kier molecular flexibility index (Phi) is 9.17. The monoisotopic (exact) mass is 369 g/mol. The van der Waals surface area contributed by atoms with E-state index in [9.17, 15) is 4.79 Å². The van der Waals surface area contributed by atoms with E-state index in [1.807, 2.05) is 0 Å². The minimum absolute atomic E-state index is 0. The number of guanidine groups is 1. The van der Waals surface area contributed by atoms with E-state index in [0.29, 0.717) is 19.4 Å². The summed E-state index contributed by atoms with van der Waals surface area (Å²) in [5.74, 6) is -1.11. The molecule has 0 amide bonds. The van der Waals surface area contributed by atoms with Gasteiger partial charge in [0.15, 0.2) is 5.96 Å². The second kappa shape index (κ2) is 8.01. The zero-order valence-electron chi connectivity index (χ0n) is 7.03. The zero-order chi connectivity index (χ0) is 9.56. The maximum atomic E-state index is 10.2. The van der Waals surface area contributed by atoms with Crippen molar-refractivity contribution in [3.63, 3.8) is 0 Å². The molecule has 0 aliphatic carbocycles. The van der Waals surface area contributed by atoms with Crippen LogP contribution in [0.1, 0.15) is 12.8 Å². The fraction of sp³-hybridized carbons (Fsp3) is 0.667. The zero-order valence-corrected chi connectivity index (χ0v) is 9.30. The van der Waals surface area contributed by atoms with E-state index < -0.39 is 12.0 Å². The largest absolute Gasteiger partial charge is 0.480 e. The fourth-order valence-corrected chi connectivity index (χ4v) is 0.669. The Hall–Kier alpha value is -0.612. The van der Waals surface area contributed by atoms with E-state index in [1.165, 1.54) is 0 Å². The fourth-order valence-electron chi connectivity index (χ4n) is 0.669. The Labute approximate surface area is 90.8 Å². The van der Waals surface area contributed by atoms with Crippen LogP contribution >= 0.6 is 0 Å². The number of carboxylic acid groups (broad SMARTS) is 1. The van der Waals surface area contributed by atoms with E-state index >= 15 is 0 Å². The molecular weight excluding hydrogens is 355 g/mol. The molecule has 13 heavy (non-hydrogen) atoms. The summed E-state index contributed by atoms with van der Waals surface area (Å²) < 4.78 is 0. The Balaban J connectivity index is 0. The summed E-state index contributed by atoms with van der Waals surface area (Å²) in [6, 6.07) is -0.821. The quantitative estimate of drug-likeness (QED) is 0.233. The number of aliphatic carboxylic acids is 1. The molecule has 7 heteroatoms. The van der Waals surface area contributed by atoms with E-state index in [-0.39, 0.29) is 27.0 Å². The molecule has 6 nitrogen and oxygen atoms in total. The number of nitrogens with one attached hydrogen (secondary N) is 2. The molecule has 7 N–H and O–H groups in total. The Morgan fingerprint density at radius 3 is 2.54 bits per heavy atom. The van der Waals surface area contributed by atoms with Gasteiger partial charge in [0.2, 0.25) is 0 Å². The second-order valence-electron chi connectivity index (χ2n) is 2.43. The molecule has 0 rings (SSSR count). The van der Waals surface area contributed by atoms with Gasteiger partial charge in [0.05, 0.1) is 0 Å². The summed E-state index contributed by atoms with van der Waals surface area (Å²) in [7, 11) is 0. The molecule has 0 spiro atoms. The van der Waals surface area contributed by atoms with Crippen LogP contribution in [-0.2, 0) is 25.9 Å². The maximum absolute atomic E-state index is 10.2. The van der Waals surface area contributed by atoms with Crippen molar-refractivity contribution in [2.75, 3.05) is 6.54 Å². The van der Waals surface area contributed by atoms with Crippen molar-refractivity contribution in [3.8, 4) is 0 Å². The first-order chi connectivity index (χ1) is 5.54. The molecule has 0 radical (unpaired) electrons. The number of hydrogen-bond donors (Lipinski definition) is 5. The van der Waals surface area contributed by atoms with Crippen LogP contribution in [-0.4, -0.2) is 29.6 Å². The van der Waals surface area contributed by atoms with E-state index in [1.54, 1.807) is 0 Å². The first kappa shape index (κ1) is 14.9. The Morgan fingerprint density at radius 2 is 2.15 bits per heavy atom. The van der Waals surface area contributed by atoms with Crippen molar-refractivity contribution in [2.45, 2.75) is 18.9 Å². The molecule has 1 unspecified atom stereocenters. The van der Waals surface area contributed by atoms with Crippen LogP contribution in [0.2, 0.25) is 0 Å². The minimum Gasteiger partial charge on any atom is -0.480 e. The van der Waals surface area contributed by atoms with Gasteiger partial charge in [-0.2, -0.15) is 0 Å². The molecule has 0 aromatic carbocycles. The summed E-state index contributed by atoms with van der Waals surface area (Å²) in [4.78, 5) is 10.2. The van der Waals surface area contributed by atoms with Crippen LogP contribution in [0.3, 0.4) is 0 Å². The normalized spacial score (nSPS) is 11.2. The van der Waals surface area contributed by atoms with E-state index in [0.717, 1.165) is 0 Å². The van der Waals surface area contributed by atoms with E-state index in [4.69, 9.17) is 22.0 Å². The van der Waals surface area contributed by atoms with Gasteiger partial charge in [-0.05, 0) is 12.8 Å². The minimum atomic E-state index is -1.00. The third kappa shape index (κ3) is 9.30. The van der Waals surface area contributed by atoms with Gasteiger partial charge in [-0.15, -0.1) is 0 Å². The molecular formula is C6H14N4O2Pt. The van der Waals surface area contributed by atoms with Gasteiger partial charge in [-0.3, -0.25) is 10.2 Å². The molecule has 80 valence electrons. The van der Waals surface area contributed by atoms with Gasteiger partial charge in [0, 0.05) is 27.6 Å². The van der Waals surface area contributed by atoms with Crippen molar-refractivity contribution in [2.24, 2.45) is 11.5 Å². The Bertz CT molecular complexity index is 176. The third-order valence-corrected chi connectivity index (χ3v) is 1.32. The van der Waals surface area contributed by atoms with E-state index in [2.05, 4.69) is 5.32 Å². The summed E-state index contributed by atoms with van der Waals surface area (Å²) >= 11 is 0. The third-order valence-electron chi connectivity index (χ3n) is 1.32. The standard InChI is InChI=1S/C6H14N4O2.Pt/c7-4(5(11)12)2-1-3-10-6(8)9;/h4H,1-3,7H2,(H,11,12)(H4,8,9,10);. The molecule has 0 aliphatic heterocycles. The molecule has 1 atom stereocenters. The second-order valence-corrected chi connectivity index (χ2v) is 2.43.